The molecule has 0 aliphatic heterocycles. The third-order valence-electron chi connectivity index (χ3n) is 5.42. The molecule has 2 rings (SSSR count). The van der Waals surface area contributed by atoms with Gasteiger partial charge in [0, 0.05) is 18.6 Å². The number of rotatable bonds is 8. The lowest BCUT2D eigenvalue weighted by atomic mass is 9.75. The van der Waals surface area contributed by atoms with Crippen molar-refractivity contribution in [1.29, 1.82) is 0 Å². The van der Waals surface area contributed by atoms with Crippen molar-refractivity contribution in [1.82, 2.24) is 15.1 Å². The van der Waals surface area contributed by atoms with Crippen LogP contribution in [0.1, 0.15) is 32.1 Å². The smallest absolute Gasteiger partial charge is 0.325 e. The highest BCUT2D eigenvalue weighted by Crippen LogP contribution is 2.41. The molecular weight excluding hydrogens is 254 g/mol. The number of aliphatic carboxylic acids is 1. The number of nitrogens with zero attached hydrogens (tertiary/aromatic N) is 2. The van der Waals surface area contributed by atoms with Crippen molar-refractivity contribution in [2.24, 2.45) is 5.92 Å². The van der Waals surface area contributed by atoms with Crippen LogP contribution in [-0.2, 0) is 4.79 Å². The fraction of sp³-hybridized carbons (Fsp3) is 0.933. The minimum absolute atomic E-state index is 0.246. The summed E-state index contributed by atoms with van der Waals surface area (Å²) in [4.78, 5) is 16.3. The molecule has 0 saturated heterocycles. The quantitative estimate of drug-likeness (QED) is 0.692. The molecule has 0 spiro atoms. The molecule has 5 heteroatoms. The molecule has 0 heterocycles. The van der Waals surface area contributed by atoms with Crippen LogP contribution in [0.2, 0.25) is 0 Å². The van der Waals surface area contributed by atoms with Gasteiger partial charge in [-0.1, -0.05) is 0 Å². The van der Waals surface area contributed by atoms with Crippen LogP contribution in [0.4, 0.5) is 0 Å². The Morgan fingerprint density at radius 3 is 2.25 bits per heavy atom. The third-order valence-corrected chi connectivity index (χ3v) is 5.42. The second-order valence-electron chi connectivity index (χ2n) is 6.95. The van der Waals surface area contributed by atoms with Gasteiger partial charge in [-0.3, -0.25) is 4.79 Å². The van der Waals surface area contributed by atoms with Gasteiger partial charge in [-0.15, -0.1) is 0 Å². The standard InChI is InChI=1S/C15H29N3O2/c1-16-15(13(19)20,12-6-7-12)11-18(4)10-14(17(2)3)8-5-9-14/h12,16H,5-11H2,1-4H3,(H,19,20). The lowest BCUT2D eigenvalue weighted by Gasteiger charge is -2.50. The molecule has 5 nitrogen and oxygen atoms in total. The second kappa shape index (κ2) is 5.62. The van der Waals surface area contributed by atoms with Gasteiger partial charge in [0.05, 0.1) is 0 Å². The normalized spacial score (nSPS) is 24.5. The number of hydrogen-bond donors (Lipinski definition) is 2. The molecule has 0 amide bonds. The molecule has 2 fully saturated rings. The first-order chi connectivity index (χ1) is 9.36. The first kappa shape index (κ1) is 15.7. The van der Waals surface area contributed by atoms with Gasteiger partial charge in [-0.2, -0.15) is 0 Å². The van der Waals surface area contributed by atoms with Crippen molar-refractivity contribution in [3.8, 4) is 0 Å². The van der Waals surface area contributed by atoms with E-state index in [2.05, 4.69) is 36.3 Å². The average molecular weight is 283 g/mol. The number of carbonyl (C=O) groups is 1. The summed E-state index contributed by atoms with van der Waals surface area (Å²) in [7, 11) is 8.11. The van der Waals surface area contributed by atoms with Crippen LogP contribution in [0, 0.1) is 5.92 Å². The van der Waals surface area contributed by atoms with E-state index >= 15 is 0 Å². The van der Waals surface area contributed by atoms with Gasteiger partial charge in [0.15, 0.2) is 0 Å². The number of nitrogens with one attached hydrogen (secondary N) is 1. The van der Waals surface area contributed by atoms with E-state index in [1.165, 1.54) is 19.3 Å². The summed E-state index contributed by atoms with van der Waals surface area (Å²) in [6.07, 6.45) is 5.77. The van der Waals surface area contributed by atoms with E-state index in [9.17, 15) is 9.90 Å². The van der Waals surface area contributed by atoms with Gasteiger partial charge in [-0.25, -0.2) is 0 Å². The van der Waals surface area contributed by atoms with Crippen LogP contribution in [0.25, 0.3) is 0 Å². The predicted molar refractivity (Wildman–Crippen MR) is 79.9 cm³/mol. The molecule has 2 aliphatic carbocycles. The Balaban J connectivity index is 2.02. The fourth-order valence-electron chi connectivity index (χ4n) is 3.65. The first-order valence-electron chi connectivity index (χ1n) is 7.64. The minimum Gasteiger partial charge on any atom is -0.480 e. The lowest BCUT2D eigenvalue weighted by molar-refractivity contribution is -0.147. The molecule has 20 heavy (non-hydrogen) atoms. The number of carboxylic acid groups (broad SMARTS) is 1. The molecule has 2 saturated carbocycles. The SMILES string of the molecule is CNC(CN(C)CC1(N(C)C)CCC1)(C(=O)O)C1CC1. The maximum atomic E-state index is 11.8. The first-order valence-corrected chi connectivity index (χ1v) is 7.64. The van der Waals surface area contributed by atoms with E-state index in [-0.39, 0.29) is 11.5 Å². The van der Waals surface area contributed by atoms with Crippen LogP contribution >= 0.6 is 0 Å². The van der Waals surface area contributed by atoms with Crippen molar-refractivity contribution in [3.63, 3.8) is 0 Å². The Bertz CT molecular complexity index is 364. The van der Waals surface area contributed by atoms with E-state index in [1.54, 1.807) is 7.05 Å². The molecule has 116 valence electrons. The molecule has 1 unspecified atom stereocenters. The molecule has 0 aromatic heterocycles. The summed E-state index contributed by atoms with van der Waals surface area (Å²) in [5.74, 6) is -0.425. The van der Waals surface area contributed by atoms with Gasteiger partial charge in [0.1, 0.15) is 5.54 Å². The van der Waals surface area contributed by atoms with Crippen molar-refractivity contribution < 1.29 is 9.90 Å². The van der Waals surface area contributed by atoms with Gasteiger partial charge < -0.3 is 20.2 Å². The summed E-state index contributed by atoms with van der Waals surface area (Å²) >= 11 is 0. The topological polar surface area (TPSA) is 55.8 Å². The fourth-order valence-corrected chi connectivity index (χ4v) is 3.65. The summed E-state index contributed by atoms with van der Waals surface area (Å²) in [6.45, 7) is 1.53. The van der Waals surface area contributed by atoms with E-state index in [0.29, 0.717) is 6.54 Å². The zero-order valence-corrected chi connectivity index (χ0v) is 13.3. The van der Waals surface area contributed by atoms with Crippen LogP contribution < -0.4 is 5.32 Å². The van der Waals surface area contributed by atoms with Crippen LogP contribution in [0.15, 0.2) is 0 Å². The lowest BCUT2D eigenvalue weighted by Crippen LogP contribution is -2.63. The van der Waals surface area contributed by atoms with Gasteiger partial charge in [0.2, 0.25) is 0 Å². The molecule has 0 bridgehead atoms. The largest absolute Gasteiger partial charge is 0.480 e. The van der Waals surface area contributed by atoms with Crippen molar-refractivity contribution in [2.75, 3.05) is 41.3 Å². The highest BCUT2D eigenvalue weighted by Gasteiger charge is 2.51. The predicted octanol–water partition coefficient (Wildman–Crippen LogP) is 0.855. The maximum Gasteiger partial charge on any atom is 0.325 e. The molecule has 0 aromatic rings. The van der Waals surface area contributed by atoms with Gasteiger partial charge >= 0.3 is 5.97 Å². The number of carboxylic acids is 1. The van der Waals surface area contributed by atoms with Gasteiger partial charge in [0.25, 0.3) is 0 Å². The van der Waals surface area contributed by atoms with Crippen LogP contribution in [0.5, 0.6) is 0 Å². The zero-order chi connectivity index (χ0) is 15.0. The van der Waals surface area contributed by atoms with Crippen molar-refractivity contribution >= 4 is 5.97 Å². The highest BCUT2D eigenvalue weighted by molar-refractivity contribution is 5.80. The van der Waals surface area contributed by atoms with E-state index in [1.807, 2.05) is 0 Å². The van der Waals surface area contributed by atoms with Crippen LogP contribution in [-0.4, -0.2) is 73.2 Å². The van der Waals surface area contributed by atoms with Gasteiger partial charge in [-0.05, 0) is 66.2 Å². The number of likely N-dealkylation sites (N-methyl/N-ethyl adjacent to an activating group) is 3. The Morgan fingerprint density at radius 2 is 1.95 bits per heavy atom. The van der Waals surface area contributed by atoms with Crippen LogP contribution in [0.3, 0.4) is 0 Å². The number of hydrogen-bond acceptors (Lipinski definition) is 4. The molecule has 2 aliphatic rings. The maximum absolute atomic E-state index is 11.8. The third kappa shape index (κ3) is 2.71. The Labute approximate surface area is 122 Å². The van der Waals surface area contributed by atoms with E-state index in [4.69, 9.17) is 0 Å². The highest BCUT2D eigenvalue weighted by atomic mass is 16.4. The van der Waals surface area contributed by atoms with Crippen molar-refractivity contribution in [3.05, 3.63) is 0 Å². The molecule has 2 N–H and O–H groups in total. The minimum atomic E-state index is -0.772. The second-order valence-corrected chi connectivity index (χ2v) is 6.95. The molecule has 1 atom stereocenters. The van der Waals surface area contributed by atoms with Crippen molar-refractivity contribution in [2.45, 2.75) is 43.2 Å². The summed E-state index contributed by atoms with van der Waals surface area (Å²) in [5.41, 5.74) is -0.526. The zero-order valence-electron chi connectivity index (χ0n) is 13.3. The van der Waals surface area contributed by atoms with E-state index in [0.717, 1.165) is 19.4 Å². The molecule has 0 radical (unpaired) electrons. The Kier molecular flexibility index (Phi) is 4.42. The molecule has 0 aromatic carbocycles. The summed E-state index contributed by atoms with van der Waals surface area (Å²) in [5, 5.41) is 12.8. The summed E-state index contributed by atoms with van der Waals surface area (Å²) in [6, 6.07) is 0. The monoisotopic (exact) mass is 283 g/mol. The average Bonchev–Trinajstić information content (AvgIpc) is 3.14. The Hall–Kier alpha value is -0.650. The van der Waals surface area contributed by atoms with E-state index < -0.39 is 11.5 Å². The summed E-state index contributed by atoms with van der Waals surface area (Å²) < 4.78 is 0. The Morgan fingerprint density at radius 1 is 1.35 bits per heavy atom. The molecular formula is C15H29N3O2.